The fourth-order valence-corrected chi connectivity index (χ4v) is 2.20. The van der Waals surface area contributed by atoms with E-state index >= 15 is 0 Å². The highest BCUT2D eigenvalue weighted by molar-refractivity contribution is 14.1. The van der Waals surface area contributed by atoms with Gasteiger partial charge in [-0.25, -0.2) is 4.98 Å². The first-order valence-electron chi connectivity index (χ1n) is 3.78. The molecule has 1 aliphatic rings. The molecule has 0 spiro atoms. The number of halogens is 1. The SMILES string of the molecule is CC1(C)Cc2ncc(I)n2C1. The van der Waals surface area contributed by atoms with Gasteiger partial charge in [-0.1, -0.05) is 13.8 Å². The summed E-state index contributed by atoms with van der Waals surface area (Å²) < 4.78 is 3.57. The molecule has 0 fully saturated rings. The second-order valence-corrected chi connectivity index (χ2v) is 5.03. The lowest BCUT2D eigenvalue weighted by Crippen LogP contribution is -2.12. The number of fused-ring (bicyclic) bond motifs is 1. The molecule has 0 unspecified atom stereocenters. The van der Waals surface area contributed by atoms with Gasteiger partial charge in [0.15, 0.2) is 0 Å². The zero-order valence-corrected chi connectivity index (χ0v) is 8.92. The van der Waals surface area contributed by atoms with Gasteiger partial charge in [-0.05, 0) is 28.0 Å². The highest BCUT2D eigenvalue weighted by Crippen LogP contribution is 2.31. The fourth-order valence-electron chi connectivity index (χ4n) is 1.61. The number of hydrogen-bond donors (Lipinski definition) is 0. The minimum atomic E-state index is 0.420. The van der Waals surface area contributed by atoms with Crippen molar-refractivity contribution in [1.82, 2.24) is 9.55 Å². The van der Waals surface area contributed by atoms with Gasteiger partial charge >= 0.3 is 0 Å². The maximum absolute atomic E-state index is 4.35. The predicted molar refractivity (Wildman–Crippen MR) is 52.4 cm³/mol. The van der Waals surface area contributed by atoms with Crippen LogP contribution >= 0.6 is 22.6 Å². The van der Waals surface area contributed by atoms with Crippen LogP contribution in [0.5, 0.6) is 0 Å². The molecule has 0 bridgehead atoms. The average molecular weight is 262 g/mol. The standard InChI is InChI=1S/C8H11IN2/c1-8(2)3-7-10-4-6(9)11(7)5-8/h4H,3,5H2,1-2H3. The molecule has 2 rings (SSSR count). The summed E-state index contributed by atoms with van der Waals surface area (Å²) in [6, 6.07) is 0. The van der Waals surface area contributed by atoms with E-state index in [1.165, 1.54) is 9.53 Å². The lowest BCUT2D eigenvalue weighted by Gasteiger charge is -2.14. The molecule has 0 aliphatic carbocycles. The van der Waals surface area contributed by atoms with Gasteiger partial charge in [0.1, 0.15) is 5.82 Å². The van der Waals surface area contributed by atoms with Crippen molar-refractivity contribution >= 4 is 22.6 Å². The Morgan fingerprint density at radius 1 is 1.64 bits per heavy atom. The molecular weight excluding hydrogens is 251 g/mol. The lowest BCUT2D eigenvalue weighted by atomic mass is 9.92. The van der Waals surface area contributed by atoms with Crippen molar-refractivity contribution in [3.05, 3.63) is 15.7 Å². The van der Waals surface area contributed by atoms with Crippen LogP contribution in [0.15, 0.2) is 6.20 Å². The Labute approximate surface area is 80.2 Å². The van der Waals surface area contributed by atoms with E-state index in [0.717, 1.165) is 13.0 Å². The maximum Gasteiger partial charge on any atom is 0.110 e. The van der Waals surface area contributed by atoms with Crippen molar-refractivity contribution in [3.63, 3.8) is 0 Å². The summed E-state index contributed by atoms with van der Waals surface area (Å²) in [6.07, 6.45) is 3.07. The Morgan fingerprint density at radius 3 is 3.00 bits per heavy atom. The number of aromatic nitrogens is 2. The first-order chi connectivity index (χ1) is 5.08. The molecule has 2 heterocycles. The van der Waals surface area contributed by atoms with Crippen molar-refractivity contribution in [3.8, 4) is 0 Å². The quantitative estimate of drug-likeness (QED) is 0.654. The Bertz CT molecular complexity index is 288. The van der Waals surface area contributed by atoms with E-state index < -0.39 is 0 Å². The molecular formula is C8H11IN2. The predicted octanol–water partition coefficient (Wildman–Crippen LogP) is 2.07. The first kappa shape index (κ1) is 7.58. The van der Waals surface area contributed by atoms with Gasteiger partial charge in [0.2, 0.25) is 0 Å². The van der Waals surface area contributed by atoms with E-state index in [4.69, 9.17) is 0 Å². The van der Waals surface area contributed by atoms with Crippen LogP contribution in [0.3, 0.4) is 0 Å². The molecule has 0 atom stereocenters. The van der Waals surface area contributed by atoms with Crippen LogP contribution in [0.1, 0.15) is 19.7 Å². The van der Waals surface area contributed by atoms with Gasteiger partial charge in [0.05, 0.1) is 9.90 Å². The molecule has 0 N–H and O–H groups in total. The second kappa shape index (κ2) is 2.21. The third-order valence-electron chi connectivity index (χ3n) is 2.11. The number of rotatable bonds is 0. The summed E-state index contributed by atoms with van der Waals surface area (Å²) in [5, 5.41) is 0. The van der Waals surface area contributed by atoms with Crippen LogP contribution in [0.2, 0.25) is 0 Å². The molecule has 0 saturated carbocycles. The van der Waals surface area contributed by atoms with Gasteiger partial charge in [-0.2, -0.15) is 0 Å². The molecule has 60 valence electrons. The topological polar surface area (TPSA) is 17.8 Å². The van der Waals surface area contributed by atoms with Crippen molar-refractivity contribution in [1.29, 1.82) is 0 Å². The summed E-state index contributed by atoms with van der Waals surface area (Å²) >= 11 is 2.34. The van der Waals surface area contributed by atoms with Crippen LogP contribution in [-0.4, -0.2) is 9.55 Å². The minimum Gasteiger partial charge on any atom is -0.323 e. The highest BCUT2D eigenvalue weighted by Gasteiger charge is 2.30. The number of nitrogens with zero attached hydrogens (tertiary/aromatic N) is 2. The zero-order chi connectivity index (χ0) is 8.06. The maximum atomic E-state index is 4.35. The summed E-state index contributed by atoms with van der Waals surface area (Å²) in [5.41, 5.74) is 0.420. The molecule has 0 saturated heterocycles. The summed E-state index contributed by atoms with van der Waals surface area (Å²) in [7, 11) is 0. The van der Waals surface area contributed by atoms with Crippen LogP contribution in [0.4, 0.5) is 0 Å². The molecule has 1 aromatic heterocycles. The number of hydrogen-bond acceptors (Lipinski definition) is 1. The smallest absolute Gasteiger partial charge is 0.110 e. The summed E-state index contributed by atoms with van der Waals surface area (Å²) in [4.78, 5) is 4.35. The molecule has 0 radical (unpaired) electrons. The highest BCUT2D eigenvalue weighted by atomic mass is 127. The van der Waals surface area contributed by atoms with Gasteiger partial charge < -0.3 is 4.57 Å². The molecule has 11 heavy (non-hydrogen) atoms. The molecule has 1 aliphatic heterocycles. The Kier molecular flexibility index (Phi) is 1.53. The summed E-state index contributed by atoms with van der Waals surface area (Å²) in [5.74, 6) is 1.25. The van der Waals surface area contributed by atoms with Gasteiger partial charge in [0, 0.05) is 13.0 Å². The molecule has 2 nitrogen and oxygen atoms in total. The van der Waals surface area contributed by atoms with Crippen molar-refractivity contribution in [2.45, 2.75) is 26.8 Å². The van der Waals surface area contributed by atoms with Crippen molar-refractivity contribution in [2.75, 3.05) is 0 Å². The van der Waals surface area contributed by atoms with Crippen LogP contribution in [0.25, 0.3) is 0 Å². The van der Waals surface area contributed by atoms with E-state index in [9.17, 15) is 0 Å². The van der Waals surface area contributed by atoms with Crippen LogP contribution in [-0.2, 0) is 13.0 Å². The average Bonchev–Trinajstić information content (AvgIpc) is 2.31. The molecule has 1 aromatic rings. The van der Waals surface area contributed by atoms with Crippen molar-refractivity contribution < 1.29 is 0 Å². The van der Waals surface area contributed by atoms with Gasteiger partial charge in [-0.15, -0.1) is 0 Å². The Balaban J connectivity index is 2.42. The van der Waals surface area contributed by atoms with E-state index in [1.807, 2.05) is 6.20 Å². The second-order valence-electron chi connectivity index (χ2n) is 3.92. The fraction of sp³-hybridized carbons (Fsp3) is 0.625. The largest absolute Gasteiger partial charge is 0.323 e. The van der Waals surface area contributed by atoms with E-state index in [-0.39, 0.29) is 0 Å². The lowest BCUT2D eigenvalue weighted by molar-refractivity contribution is 0.356. The third kappa shape index (κ3) is 1.19. The van der Waals surface area contributed by atoms with Gasteiger partial charge in [-0.3, -0.25) is 0 Å². The minimum absolute atomic E-state index is 0.420. The molecule has 3 heteroatoms. The number of imidazole rings is 1. The van der Waals surface area contributed by atoms with E-state index in [1.54, 1.807) is 0 Å². The summed E-state index contributed by atoms with van der Waals surface area (Å²) in [6.45, 7) is 5.70. The monoisotopic (exact) mass is 262 g/mol. The van der Waals surface area contributed by atoms with E-state index in [0.29, 0.717) is 5.41 Å². The zero-order valence-electron chi connectivity index (χ0n) is 6.76. The molecule has 0 amide bonds. The first-order valence-corrected chi connectivity index (χ1v) is 4.86. The van der Waals surface area contributed by atoms with Crippen molar-refractivity contribution in [2.24, 2.45) is 5.41 Å². The van der Waals surface area contributed by atoms with Gasteiger partial charge in [0.25, 0.3) is 0 Å². The molecule has 0 aromatic carbocycles. The Hall–Kier alpha value is -0.0600. The van der Waals surface area contributed by atoms with Crippen LogP contribution < -0.4 is 0 Å². The third-order valence-corrected chi connectivity index (χ3v) is 2.97. The normalized spacial score (nSPS) is 20.3. The Morgan fingerprint density at radius 2 is 2.36 bits per heavy atom. The van der Waals surface area contributed by atoms with E-state index in [2.05, 4.69) is 46.0 Å². The van der Waals surface area contributed by atoms with Crippen LogP contribution in [0, 0.1) is 9.12 Å².